The Kier molecular flexibility index (Phi) is 31.1. The molecule has 0 aromatic rings. The Morgan fingerprint density at radius 1 is 0.654 bits per heavy atom. The van der Waals surface area contributed by atoms with Crippen LogP contribution in [-0.2, 0) is 48.4 Å². The molecule has 0 atom stereocenters. The van der Waals surface area contributed by atoms with Crippen molar-refractivity contribution in [3.05, 3.63) is 0 Å². The molecule has 0 aromatic carbocycles. The van der Waals surface area contributed by atoms with E-state index in [4.69, 9.17) is 53.1 Å². The Morgan fingerprint density at radius 2 is 0.846 bits per heavy atom. The van der Waals surface area contributed by atoms with Crippen molar-refractivity contribution in [2.24, 2.45) is 0 Å². The van der Waals surface area contributed by atoms with Gasteiger partial charge in [0.25, 0.3) is 0 Å². The van der Waals surface area contributed by atoms with E-state index in [2.05, 4.69) is 37.5 Å². The molecule has 0 bridgehead atoms. The van der Waals surface area contributed by atoms with Gasteiger partial charge in [-0.1, -0.05) is 62.0 Å². The number of nitrogens with zero attached hydrogens (tertiary/aromatic N) is 2. The number of unbranched alkanes of at least 4 members (excludes halogenated alkanes) is 4. The number of hydrogen-bond donors (Lipinski definition) is 0. The topological polar surface area (TPSA) is 23.6 Å². The first-order valence-corrected chi connectivity index (χ1v) is 12.0. The number of hydrogen-bond acceptors (Lipinski definition) is 5. The molecule has 0 aliphatic heterocycles. The van der Waals surface area contributed by atoms with Gasteiger partial charge in [-0.25, -0.2) is 0 Å². The molecule has 0 radical (unpaired) electrons. The summed E-state index contributed by atoms with van der Waals surface area (Å²) in [5.74, 6) is 0. The second-order valence-corrected chi connectivity index (χ2v) is 7.98. The maximum absolute atomic E-state index is 8.26. The molecule has 0 unspecified atom stereocenters. The number of thiocarbonyl (C=S) groups is 2. The predicted octanol–water partition coefficient (Wildman–Crippen LogP) is 5.32. The van der Waals surface area contributed by atoms with E-state index in [9.17, 15) is 0 Å². The quantitative estimate of drug-likeness (QED) is 0.195. The second-order valence-electron chi connectivity index (χ2n) is 5.92. The third-order valence-electron chi connectivity index (χ3n) is 3.64. The second kappa shape index (κ2) is 25.7. The number of rotatable bonds is 12. The van der Waals surface area contributed by atoms with E-state index in [-0.39, 0.29) is 0 Å². The fourth-order valence-corrected chi connectivity index (χ4v) is 2.71. The van der Waals surface area contributed by atoms with E-state index in [1.807, 2.05) is 0 Å². The first kappa shape index (κ1) is 31.4. The Hall–Kier alpha value is 0.708. The summed E-state index contributed by atoms with van der Waals surface area (Å²) >= 11 is 20.6. The van der Waals surface area contributed by atoms with Gasteiger partial charge in [-0.05, 0) is 25.7 Å². The molecule has 0 N–H and O–H groups in total. The zero-order chi connectivity index (χ0) is 20.8. The van der Waals surface area contributed by atoms with Crippen LogP contribution in [0.5, 0.6) is 0 Å². The normalized spacial score (nSPS) is 9.19. The van der Waals surface area contributed by atoms with E-state index in [0.29, 0.717) is 28.4 Å². The van der Waals surface area contributed by atoms with Gasteiger partial charge in [-0.2, -0.15) is 0 Å². The van der Waals surface area contributed by atoms with Crippen LogP contribution in [0, 0.1) is 0 Å². The monoisotopic (exact) mass is 522 g/mol. The van der Waals surface area contributed by atoms with Gasteiger partial charge in [0, 0.05) is 26.2 Å². The molecular formula is C18H36MoN2OS4. The zero-order valence-electron chi connectivity index (χ0n) is 16.8. The summed E-state index contributed by atoms with van der Waals surface area (Å²) in [6.07, 6.45) is 9.62. The van der Waals surface area contributed by atoms with Crippen molar-refractivity contribution in [2.75, 3.05) is 26.2 Å². The maximum atomic E-state index is 8.26. The fraction of sp³-hybridized carbons (Fsp3) is 0.889. The van der Waals surface area contributed by atoms with Crippen molar-refractivity contribution < 1.29 is 23.2 Å². The molecule has 0 amide bonds. The summed E-state index contributed by atoms with van der Waals surface area (Å²) in [7, 11) is 0. The van der Waals surface area contributed by atoms with Crippen LogP contribution in [0.4, 0.5) is 0 Å². The summed E-state index contributed by atoms with van der Waals surface area (Å²) in [6, 6.07) is 0. The van der Waals surface area contributed by atoms with Crippen molar-refractivity contribution in [2.45, 2.75) is 79.1 Å². The van der Waals surface area contributed by atoms with E-state index in [1.165, 1.54) is 51.4 Å². The Labute approximate surface area is 195 Å². The molecule has 0 aromatic heterocycles. The third-order valence-corrected chi connectivity index (χ3v) is 4.68. The van der Waals surface area contributed by atoms with Crippen LogP contribution in [0.2, 0.25) is 0 Å². The van der Waals surface area contributed by atoms with Crippen LogP contribution in [-0.4, -0.2) is 44.6 Å². The average Bonchev–Trinajstić information content (AvgIpc) is 2.63. The predicted molar refractivity (Wildman–Crippen MR) is 123 cm³/mol. The zero-order valence-corrected chi connectivity index (χ0v) is 22.1. The molecule has 0 rings (SSSR count). The molecule has 0 aliphatic carbocycles. The van der Waals surface area contributed by atoms with E-state index in [0.717, 1.165) is 26.2 Å². The van der Waals surface area contributed by atoms with E-state index >= 15 is 0 Å². The van der Waals surface area contributed by atoms with Gasteiger partial charge in [0.2, 0.25) is 0 Å². The van der Waals surface area contributed by atoms with Crippen LogP contribution >= 0.6 is 24.4 Å². The molecular weight excluding hydrogens is 484 g/mol. The van der Waals surface area contributed by atoms with Crippen LogP contribution in [0.25, 0.3) is 0 Å². The summed E-state index contributed by atoms with van der Waals surface area (Å²) in [6.45, 7) is 12.9. The van der Waals surface area contributed by atoms with Gasteiger partial charge in [0.15, 0.2) is 0 Å². The first-order valence-electron chi connectivity index (χ1n) is 9.52. The molecule has 0 fully saturated rings. The van der Waals surface area contributed by atoms with Crippen LogP contribution in [0.3, 0.4) is 0 Å². The van der Waals surface area contributed by atoms with Gasteiger partial charge < -0.3 is 59.5 Å². The van der Waals surface area contributed by atoms with E-state index < -0.39 is 0 Å². The molecule has 0 spiro atoms. The van der Waals surface area contributed by atoms with Crippen molar-refractivity contribution in [1.82, 2.24) is 9.80 Å². The van der Waals surface area contributed by atoms with Gasteiger partial charge in [0.1, 0.15) is 0 Å². The fourth-order valence-electron chi connectivity index (χ4n) is 1.98. The summed E-state index contributed by atoms with van der Waals surface area (Å²) in [5.41, 5.74) is 0. The first-order chi connectivity index (χ1) is 12.4. The summed E-state index contributed by atoms with van der Waals surface area (Å²) < 4.78 is 9.53. The van der Waals surface area contributed by atoms with Gasteiger partial charge >= 0.3 is 23.2 Å². The van der Waals surface area contributed by atoms with E-state index in [1.54, 1.807) is 0 Å². The molecule has 0 aliphatic rings. The Balaban J connectivity index is -0.000000371. The minimum atomic E-state index is 0.636. The molecule has 0 saturated heterocycles. The minimum absolute atomic E-state index is 0.636. The van der Waals surface area contributed by atoms with Crippen LogP contribution < -0.4 is 0 Å². The van der Waals surface area contributed by atoms with Crippen molar-refractivity contribution >= 4 is 58.3 Å². The van der Waals surface area contributed by atoms with Gasteiger partial charge in [0.05, 0.1) is 0 Å². The Bertz CT molecular complexity index is 290. The molecule has 0 saturated carbocycles. The Morgan fingerprint density at radius 3 is 0.962 bits per heavy atom. The van der Waals surface area contributed by atoms with Crippen LogP contribution in [0.15, 0.2) is 0 Å². The molecule has 154 valence electrons. The molecule has 8 heteroatoms. The average molecular weight is 521 g/mol. The van der Waals surface area contributed by atoms with Gasteiger partial charge in [-0.3, -0.25) is 0 Å². The van der Waals surface area contributed by atoms with Crippen molar-refractivity contribution in [3.8, 4) is 0 Å². The van der Waals surface area contributed by atoms with Crippen molar-refractivity contribution in [1.29, 1.82) is 0 Å². The SMILES string of the molecule is CCCCN(CCCC)C(=S)[S-].CCCCN(CCCC)C(=S)[S-].[O]=[Mo+2]. The van der Waals surface area contributed by atoms with Gasteiger partial charge in [-0.15, -0.1) is 0 Å². The molecule has 26 heavy (non-hydrogen) atoms. The molecule has 0 heterocycles. The summed E-state index contributed by atoms with van der Waals surface area (Å²) in [5, 5.41) is 0. The summed E-state index contributed by atoms with van der Waals surface area (Å²) in [4.78, 5) is 4.27. The van der Waals surface area contributed by atoms with Crippen LogP contribution in [0.1, 0.15) is 79.1 Å². The molecule has 3 nitrogen and oxygen atoms in total. The standard InChI is InChI=1S/2C9H19NS2.Mo.O/c2*1-3-5-7-10(9(11)12)8-6-4-2;;/h2*3-8H2,1-2H3,(H,11,12);;/q;;+2;/p-2. The third kappa shape index (κ3) is 22.7. The van der Waals surface area contributed by atoms with Crippen molar-refractivity contribution in [3.63, 3.8) is 0 Å².